The predicted octanol–water partition coefficient (Wildman–Crippen LogP) is 2.52. The van der Waals surface area contributed by atoms with Gasteiger partial charge in [-0.3, -0.25) is 4.79 Å². The minimum absolute atomic E-state index is 0.0469. The van der Waals surface area contributed by atoms with Crippen molar-refractivity contribution < 1.29 is 19.8 Å². The molecule has 0 spiro atoms. The Morgan fingerprint density at radius 3 is 2.70 bits per heavy atom. The van der Waals surface area contributed by atoms with Gasteiger partial charge in [0.15, 0.2) is 0 Å². The van der Waals surface area contributed by atoms with Gasteiger partial charge in [0.25, 0.3) is 5.91 Å². The van der Waals surface area contributed by atoms with E-state index in [1.165, 1.54) is 23.1 Å². The molecule has 1 saturated heterocycles. The number of aromatic hydroxyl groups is 1. The Bertz CT molecular complexity index is 532. The van der Waals surface area contributed by atoms with Gasteiger partial charge in [-0.2, -0.15) is 0 Å². The van der Waals surface area contributed by atoms with Crippen molar-refractivity contribution in [3.8, 4) is 5.75 Å². The highest BCUT2D eigenvalue weighted by Gasteiger charge is 2.32. The second-order valence-corrected chi connectivity index (χ2v) is 5.30. The smallest absolute Gasteiger partial charge is 0.326 e. The number of carbonyl (C=O) groups is 2. The number of hydrogen-bond donors (Lipinski definition) is 2. The summed E-state index contributed by atoms with van der Waals surface area (Å²) in [7, 11) is 0. The summed E-state index contributed by atoms with van der Waals surface area (Å²) >= 11 is 5.83. The highest BCUT2D eigenvalue weighted by molar-refractivity contribution is 6.31. The number of nitrogens with zero attached hydrogens (tertiary/aromatic N) is 1. The molecule has 0 radical (unpaired) electrons. The van der Waals surface area contributed by atoms with Gasteiger partial charge in [0, 0.05) is 11.6 Å². The summed E-state index contributed by atoms with van der Waals surface area (Å²) in [5, 5.41) is 19.4. The molecule has 6 heteroatoms. The van der Waals surface area contributed by atoms with Crippen LogP contribution in [0.4, 0.5) is 0 Å². The number of carboxylic acid groups (broad SMARTS) is 1. The minimum Gasteiger partial charge on any atom is -0.507 e. The van der Waals surface area contributed by atoms with Gasteiger partial charge in [0.05, 0.1) is 5.56 Å². The van der Waals surface area contributed by atoms with Crippen molar-refractivity contribution in [2.45, 2.75) is 31.7 Å². The number of phenols is 1. The maximum Gasteiger partial charge on any atom is 0.326 e. The minimum atomic E-state index is -1.01. The van der Waals surface area contributed by atoms with Crippen molar-refractivity contribution in [3.63, 3.8) is 0 Å². The van der Waals surface area contributed by atoms with E-state index >= 15 is 0 Å². The molecule has 0 aliphatic carbocycles. The number of hydrogen-bond acceptors (Lipinski definition) is 3. The Hall–Kier alpha value is -1.75. The lowest BCUT2D eigenvalue weighted by Crippen LogP contribution is -2.44. The number of benzene rings is 1. The average molecular weight is 298 g/mol. The van der Waals surface area contributed by atoms with E-state index in [9.17, 15) is 19.8 Å². The monoisotopic (exact) mass is 297 g/mol. The quantitative estimate of drug-likeness (QED) is 0.879. The zero-order chi connectivity index (χ0) is 14.7. The van der Waals surface area contributed by atoms with E-state index in [-0.39, 0.29) is 11.3 Å². The molecule has 0 aromatic heterocycles. The summed E-state index contributed by atoms with van der Waals surface area (Å²) < 4.78 is 0. The van der Waals surface area contributed by atoms with E-state index in [2.05, 4.69) is 0 Å². The van der Waals surface area contributed by atoms with Crippen molar-refractivity contribution >= 4 is 23.5 Å². The summed E-state index contributed by atoms with van der Waals surface area (Å²) in [6, 6.07) is 3.33. The third-order valence-corrected chi connectivity index (χ3v) is 3.72. The van der Waals surface area contributed by atoms with Crippen molar-refractivity contribution in [2.75, 3.05) is 6.54 Å². The van der Waals surface area contributed by atoms with Crippen molar-refractivity contribution in [2.24, 2.45) is 0 Å². The molecule has 1 aromatic carbocycles. The molecule has 108 valence electrons. The van der Waals surface area contributed by atoms with Crippen LogP contribution in [0.2, 0.25) is 5.02 Å². The van der Waals surface area contributed by atoms with E-state index in [0.29, 0.717) is 18.0 Å². The van der Waals surface area contributed by atoms with Crippen LogP contribution in [0.5, 0.6) is 5.75 Å². The van der Waals surface area contributed by atoms with Gasteiger partial charge >= 0.3 is 5.97 Å². The van der Waals surface area contributed by atoms with Gasteiger partial charge in [0.1, 0.15) is 11.8 Å². The maximum atomic E-state index is 12.5. The molecule has 1 unspecified atom stereocenters. The van der Waals surface area contributed by atoms with Gasteiger partial charge in [-0.1, -0.05) is 24.4 Å². The molecule has 1 amide bonds. The molecule has 0 bridgehead atoms. The Kier molecular flexibility index (Phi) is 4.49. The first-order valence-corrected chi connectivity index (χ1v) is 6.91. The summed E-state index contributed by atoms with van der Waals surface area (Å²) in [5.41, 5.74) is 0.0469. The van der Waals surface area contributed by atoms with Crippen molar-refractivity contribution in [3.05, 3.63) is 28.8 Å². The maximum absolute atomic E-state index is 12.5. The first-order valence-electron chi connectivity index (χ1n) is 6.53. The highest BCUT2D eigenvalue weighted by Crippen LogP contribution is 2.26. The normalized spacial score (nSPS) is 19.4. The Balaban J connectivity index is 2.33. The molecule has 20 heavy (non-hydrogen) atoms. The topological polar surface area (TPSA) is 77.8 Å². The fraction of sp³-hybridized carbons (Fsp3) is 0.429. The summed E-state index contributed by atoms with van der Waals surface area (Å²) in [6.45, 7) is 0.377. The highest BCUT2D eigenvalue weighted by atomic mass is 35.5. The third-order valence-electron chi connectivity index (χ3n) is 3.49. The molecule has 2 rings (SSSR count). The summed E-state index contributed by atoms with van der Waals surface area (Å²) in [6.07, 6.45) is 2.87. The molecule has 1 aliphatic heterocycles. The lowest BCUT2D eigenvalue weighted by Gasteiger charge is -2.27. The number of aliphatic carboxylic acids is 1. The molecular formula is C14H16ClNO4. The van der Waals surface area contributed by atoms with Crippen LogP contribution in [-0.2, 0) is 4.79 Å². The van der Waals surface area contributed by atoms with E-state index < -0.39 is 17.9 Å². The van der Waals surface area contributed by atoms with Crippen LogP contribution in [0.15, 0.2) is 18.2 Å². The molecule has 1 atom stereocenters. The first-order chi connectivity index (χ1) is 9.50. The summed E-state index contributed by atoms with van der Waals surface area (Å²) in [5.74, 6) is -1.69. The number of carbonyl (C=O) groups excluding carboxylic acids is 1. The number of likely N-dealkylation sites (tertiary alicyclic amines) is 1. The number of carboxylic acids is 1. The second-order valence-electron chi connectivity index (χ2n) is 4.86. The van der Waals surface area contributed by atoms with Crippen LogP contribution in [0.25, 0.3) is 0 Å². The van der Waals surface area contributed by atoms with Gasteiger partial charge in [-0.15, -0.1) is 0 Å². The van der Waals surface area contributed by atoms with Crippen LogP contribution in [0.3, 0.4) is 0 Å². The van der Waals surface area contributed by atoms with Crippen LogP contribution in [-0.4, -0.2) is 39.6 Å². The molecule has 1 aliphatic rings. The molecule has 1 heterocycles. The lowest BCUT2D eigenvalue weighted by atomic mass is 10.1. The van der Waals surface area contributed by atoms with E-state index in [4.69, 9.17) is 11.6 Å². The fourth-order valence-electron chi connectivity index (χ4n) is 2.44. The molecular weight excluding hydrogens is 282 g/mol. The van der Waals surface area contributed by atoms with Crippen molar-refractivity contribution in [1.29, 1.82) is 0 Å². The lowest BCUT2D eigenvalue weighted by molar-refractivity contribution is -0.142. The standard InChI is InChI=1S/C14H16ClNO4/c15-9-5-6-12(17)10(8-9)13(18)16-7-3-1-2-4-11(16)14(19)20/h5-6,8,11,17H,1-4,7H2,(H,19,20). The van der Waals surface area contributed by atoms with E-state index in [0.717, 1.165) is 19.3 Å². The van der Waals surface area contributed by atoms with E-state index in [1.807, 2.05) is 0 Å². The molecule has 5 nitrogen and oxygen atoms in total. The number of amides is 1. The van der Waals surface area contributed by atoms with Crippen LogP contribution < -0.4 is 0 Å². The van der Waals surface area contributed by atoms with Crippen LogP contribution >= 0.6 is 11.6 Å². The summed E-state index contributed by atoms with van der Waals surface area (Å²) in [4.78, 5) is 25.1. The molecule has 1 fully saturated rings. The Labute approximate surface area is 121 Å². The number of rotatable bonds is 2. The Morgan fingerprint density at radius 1 is 1.25 bits per heavy atom. The van der Waals surface area contributed by atoms with E-state index in [1.54, 1.807) is 0 Å². The SMILES string of the molecule is O=C(O)C1CCCCCN1C(=O)c1cc(Cl)ccc1O. The van der Waals surface area contributed by atoms with Gasteiger partial charge < -0.3 is 15.1 Å². The van der Waals surface area contributed by atoms with Gasteiger partial charge in [-0.25, -0.2) is 4.79 Å². The first kappa shape index (κ1) is 14.7. The largest absolute Gasteiger partial charge is 0.507 e. The number of phenolic OH excluding ortho intramolecular Hbond substituents is 1. The van der Waals surface area contributed by atoms with Crippen LogP contribution in [0, 0.1) is 0 Å². The zero-order valence-corrected chi connectivity index (χ0v) is 11.6. The van der Waals surface area contributed by atoms with Crippen LogP contribution in [0.1, 0.15) is 36.0 Å². The average Bonchev–Trinajstić information content (AvgIpc) is 2.66. The van der Waals surface area contributed by atoms with Crippen molar-refractivity contribution in [1.82, 2.24) is 4.90 Å². The van der Waals surface area contributed by atoms with Gasteiger partial charge in [-0.05, 0) is 31.0 Å². The fourth-order valence-corrected chi connectivity index (χ4v) is 2.61. The third kappa shape index (κ3) is 3.04. The molecule has 0 saturated carbocycles. The van der Waals surface area contributed by atoms with Gasteiger partial charge in [0.2, 0.25) is 0 Å². The second kappa shape index (κ2) is 6.13. The molecule has 1 aromatic rings. The number of halogens is 1. The zero-order valence-electron chi connectivity index (χ0n) is 10.9. The Morgan fingerprint density at radius 2 is 2.00 bits per heavy atom. The molecule has 2 N–H and O–H groups in total. The predicted molar refractivity (Wildman–Crippen MR) is 74.0 cm³/mol.